The van der Waals surface area contributed by atoms with Crippen LogP contribution in [0.4, 0.5) is 4.79 Å². The lowest BCUT2D eigenvalue weighted by Crippen LogP contribution is -2.39. The Morgan fingerprint density at radius 2 is 2.27 bits per heavy atom. The van der Waals surface area contributed by atoms with Gasteiger partial charge in [-0.3, -0.25) is 9.69 Å². The second-order valence-electron chi connectivity index (χ2n) is 2.66. The van der Waals surface area contributed by atoms with Gasteiger partial charge in [0.15, 0.2) is 0 Å². The lowest BCUT2D eigenvalue weighted by atomic mass is 10.4. The summed E-state index contributed by atoms with van der Waals surface area (Å²) in [5.41, 5.74) is 4.94. The van der Waals surface area contributed by atoms with Crippen LogP contribution in [0.15, 0.2) is 12.7 Å². The summed E-state index contributed by atoms with van der Waals surface area (Å²) in [5, 5.41) is 8.35. The van der Waals surface area contributed by atoms with Crippen LogP contribution in [-0.4, -0.2) is 36.6 Å². The van der Waals surface area contributed by atoms with Crippen LogP contribution >= 0.6 is 0 Å². The number of hydrogen-bond acceptors (Lipinski definition) is 4. The SMILES string of the molecule is C=CCOC(=O)N(CCC#N)CC(N)=O. The molecule has 0 aromatic heterocycles. The third-order valence-corrected chi connectivity index (χ3v) is 1.42. The number of carbonyl (C=O) groups excluding carboxylic acids is 2. The quantitative estimate of drug-likeness (QED) is 0.626. The van der Waals surface area contributed by atoms with Crippen molar-refractivity contribution in [2.45, 2.75) is 6.42 Å². The highest BCUT2D eigenvalue weighted by molar-refractivity contribution is 5.80. The van der Waals surface area contributed by atoms with E-state index in [0.717, 1.165) is 4.90 Å². The Morgan fingerprint density at radius 1 is 1.60 bits per heavy atom. The summed E-state index contributed by atoms with van der Waals surface area (Å²) >= 11 is 0. The fourth-order valence-corrected chi connectivity index (χ4v) is 0.829. The van der Waals surface area contributed by atoms with Gasteiger partial charge in [0.25, 0.3) is 0 Å². The molecule has 0 saturated heterocycles. The molecule has 0 rings (SSSR count). The van der Waals surface area contributed by atoms with Crippen LogP contribution in [0.1, 0.15) is 6.42 Å². The first-order chi connectivity index (χ1) is 7.11. The van der Waals surface area contributed by atoms with Crippen molar-refractivity contribution < 1.29 is 14.3 Å². The van der Waals surface area contributed by atoms with Gasteiger partial charge in [-0.1, -0.05) is 12.7 Å². The Morgan fingerprint density at radius 3 is 2.73 bits per heavy atom. The van der Waals surface area contributed by atoms with E-state index in [1.165, 1.54) is 6.08 Å². The van der Waals surface area contributed by atoms with E-state index in [0.29, 0.717) is 0 Å². The molecular formula is C9H13N3O3. The van der Waals surface area contributed by atoms with Crippen molar-refractivity contribution in [3.8, 4) is 6.07 Å². The van der Waals surface area contributed by atoms with Crippen LogP contribution in [0.5, 0.6) is 0 Å². The topological polar surface area (TPSA) is 96.4 Å². The largest absolute Gasteiger partial charge is 0.445 e. The highest BCUT2D eigenvalue weighted by Crippen LogP contribution is 1.96. The molecular weight excluding hydrogens is 198 g/mol. The molecule has 2 amide bonds. The maximum absolute atomic E-state index is 11.3. The summed E-state index contributed by atoms with van der Waals surface area (Å²) in [6, 6.07) is 1.86. The molecule has 6 heteroatoms. The molecule has 0 radical (unpaired) electrons. The van der Waals surface area contributed by atoms with Gasteiger partial charge in [-0.15, -0.1) is 0 Å². The lowest BCUT2D eigenvalue weighted by Gasteiger charge is -2.18. The number of nitrogens with two attached hydrogens (primary N) is 1. The van der Waals surface area contributed by atoms with Crippen LogP contribution in [0.25, 0.3) is 0 Å². The molecule has 0 aliphatic carbocycles. The molecule has 0 unspecified atom stereocenters. The molecule has 0 aliphatic rings. The molecule has 15 heavy (non-hydrogen) atoms. The first-order valence-electron chi connectivity index (χ1n) is 4.29. The number of amides is 2. The molecule has 2 N–H and O–H groups in total. The van der Waals surface area contributed by atoms with Crippen molar-refractivity contribution >= 4 is 12.0 Å². The number of ether oxygens (including phenoxy) is 1. The maximum Gasteiger partial charge on any atom is 0.410 e. The summed E-state index contributed by atoms with van der Waals surface area (Å²) in [5.74, 6) is -0.650. The number of hydrogen-bond donors (Lipinski definition) is 1. The minimum absolute atomic E-state index is 0.0562. The van der Waals surface area contributed by atoms with E-state index < -0.39 is 12.0 Å². The van der Waals surface area contributed by atoms with E-state index in [1.54, 1.807) is 0 Å². The summed E-state index contributed by atoms with van der Waals surface area (Å²) in [7, 11) is 0. The van der Waals surface area contributed by atoms with Crippen LogP contribution in [0, 0.1) is 11.3 Å². The minimum atomic E-state index is -0.677. The molecule has 82 valence electrons. The molecule has 0 spiro atoms. The zero-order chi connectivity index (χ0) is 11.7. The molecule has 6 nitrogen and oxygen atoms in total. The summed E-state index contributed by atoms with van der Waals surface area (Å²) < 4.78 is 4.70. The number of primary amides is 1. The standard InChI is InChI=1S/C9H13N3O3/c1-2-6-15-9(14)12(5-3-4-10)7-8(11)13/h2H,1,3,5-7H2,(H2,11,13). The van der Waals surface area contributed by atoms with E-state index >= 15 is 0 Å². The van der Waals surface area contributed by atoms with Crippen LogP contribution in [0.2, 0.25) is 0 Å². The molecule has 0 atom stereocenters. The van der Waals surface area contributed by atoms with E-state index in [9.17, 15) is 9.59 Å². The van der Waals surface area contributed by atoms with Crippen molar-refractivity contribution in [1.29, 1.82) is 5.26 Å². The van der Waals surface area contributed by atoms with Gasteiger partial charge in [-0.05, 0) is 0 Å². The minimum Gasteiger partial charge on any atom is -0.445 e. The Bertz CT molecular complexity index is 283. The zero-order valence-corrected chi connectivity index (χ0v) is 8.31. The van der Waals surface area contributed by atoms with Crippen molar-refractivity contribution in [3.05, 3.63) is 12.7 Å². The van der Waals surface area contributed by atoms with Gasteiger partial charge in [0.1, 0.15) is 13.2 Å². The Hall–Kier alpha value is -2.03. The van der Waals surface area contributed by atoms with Crippen LogP contribution in [-0.2, 0) is 9.53 Å². The summed E-state index contributed by atoms with van der Waals surface area (Å²) in [4.78, 5) is 23.0. The number of carbonyl (C=O) groups is 2. The first kappa shape index (κ1) is 13.0. The fourth-order valence-electron chi connectivity index (χ4n) is 0.829. The molecule has 0 saturated carbocycles. The van der Waals surface area contributed by atoms with Gasteiger partial charge in [0, 0.05) is 6.54 Å². The second-order valence-corrected chi connectivity index (χ2v) is 2.66. The Labute approximate surface area is 87.9 Å². The zero-order valence-electron chi connectivity index (χ0n) is 8.31. The average Bonchev–Trinajstić information content (AvgIpc) is 2.20. The van der Waals surface area contributed by atoms with Gasteiger partial charge in [0.05, 0.1) is 12.5 Å². The van der Waals surface area contributed by atoms with Gasteiger partial charge in [-0.25, -0.2) is 4.79 Å². The number of nitrogens with zero attached hydrogens (tertiary/aromatic N) is 2. The fraction of sp³-hybridized carbons (Fsp3) is 0.444. The third kappa shape index (κ3) is 6.10. The van der Waals surface area contributed by atoms with E-state index in [1.807, 2.05) is 6.07 Å². The highest BCUT2D eigenvalue weighted by atomic mass is 16.6. The highest BCUT2D eigenvalue weighted by Gasteiger charge is 2.15. The molecule has 0 heterocycles. The van der Waals surface area contributed by atoms with Gasteiger partial charge in [-0.2, -0.15) is 5.26 Å². The predicted molar refractivity (Wildman–Crippen MR) is 52.5 cm³/mol. The average molecular weight is 211 g/mol. The van der Waals surface area contributed by atoms with Crippen molar-refractivity contribution in [3.63, 3.8) is 0 Å². The third-order valence-electron chi connectivity index (χ3n) is 1.42. The normalized spacial score (nSPS) is 8.73. The Kier molecular flexibility index (Phi) is 6.38. The van der Waals surface area contributed by atoms with Gasteiger partial charge in [0.2, 0.25) is 5.91 Å². The maximum atomic E-state index is 11.3. The predicted octanol–water partition coefficient (Wildman–Crippen LogP) is 0.00998. The number of nitriles is 1. The second kappa shape index (κ2) is 7.38. The lowest BCUT2D eigenvalue weighted by molar-refractivity contribution is -0.118. The molecule has 0 aromatic rings. The van der Waals surface area contributed by atoms with E-state index in [4.69, 9.17) is 15.7 Å². The van der Waals surface area contributed by atoms with Crippen LogP contribution in [0.3, 0.4) is 0 Å². The monoisotopic (exact) mass is 211 g/mol. The van der Waals surface area contributed by atoms with Crippen molar-refractivity contribution in [1.82, 2.24) is 4.90 Å². The van der Waals surface area contributed by atoms with E-state index in [-0.39, 0.29) is 26.1 Å². The first-order valence-corrected chi connectivity index (χ1v) is 4.29. The van der Waals surface area contributed by atoms with E-state index in [2.05, 4.69) is 6.58 Å². The smallest absolute Gasteiger partial charge is 0.410 e. The molecule has 0 aliphatic heterocycles. The van der Waals surface area contributed by atoms with Gasteiger partial charge >= 0.3 is 6.09 Å². The molecule has 0 aromatic carbocycles. The van der Waals surface area contributed by atoms with Crippen molar-refractivity contribution in [2.75, 3.05) is 19.7 Å². The van der Waals surface area contributed by atoms with Crippen LogP contribution < -0.4 is 5.73 Å². The summed E-state index contributed by atoms with van der Waals surface area (Å²) in [6.45, 7) is 3.30. The number of rotatable bonds is 6. The molecule has 0 fully saturated rings. The van der Waals surface area contributed by atoms with Gasteiger partial charge < -0.3 is 10.5 Å². The van der Waals surface area contributed by atoms with Crippen molar-refractivity contribution in [2.24, 2.45) is 5.73 Å². The Balaban J connectivity index is 4.20. The summed E-state index contributed by atoms with van der Waals surface area (Å²) in [6.07, 6.45) is 0.852. The molecule has 0 bridgehead atoms.